The highest BCUT2D eigenvalue weighted by molar-refractivity contribution is 6.99. The molecule has 3 aromatic carbocycles. The number of aliphatic hydroxyl groups excluding tert-OH is 1. The average Bonchev–Trinajstić information content (AvgIpc) is 3.42. The van der Waals surface area contributed by atoms with E-state index in [9.17, 15) is 9.90 Å². The highest BCUT2D eigenvalue weighted by atomic mass is 28.4. The van der Waals surface area contributed by atoms with Crippen LogP contribution in [0, 0.1) is 17.3 Å². The molecule has 0 spiro atoms. The Morgan fingerprint density at radius 2 is 1.58 bits per heavy atom. The first-order valence-corrected chi connectivity index (χ1v) is 20.5. The van der Waals surface area contributed by atoms with E-state index in [4.69, 9.17) is 18.6 Å². The first kappa shape index (κ1) is 38.2. The SMILES string of the molecule is COC(=O)CCC/C=C\C[C@@H]1[C@@H](CO[Si](c2ccccc2)(c2ccccc2)C(C)(C)C)[C@H](OC2CCCCO2)C[C@@]1(CO)Cc1ccccc1. The van der Waals surface area contributed by atoms with Crippen LogP contribution in [-0.2, 0) is 29.9 Å². The molecule has 1 aliphatic heterocycles. The lowest BCUT2D eigenvalue weighted by Crippen LogP contribution is -2.67. The molecule has 0 amide bonds. The summed E-state index contributed by atoms with van der Waals surface area (Å²) in [6.07, 6.45) is 11.3. The third-order valence-electron chi connectivity index (χ3n) is 11.0. The number of aliphatic hydroxyl groups is 1. The third-order valence-corrected chi connectivity index (χ3v) is 16.0. The first-order chi connectivity index (χ1) is 24.2. The lowest BCUT2D eigenvalue weighted by Gasteiger charge is -2.44. The van der Waals surface area contributed by atoms with Gasteiger partial charge >= 0.3 is 5.97 Å². The summed E-state index contributed by atoms with van der Waals surface area (Å²) in [5.41, 5.74) is 0.811. The zero-order chi connectivity index (χ0) is 35.5. The Morgan fingerprint density at radius 3 is 2.14 bits per heavy atom. The fourth-order valence-corrected chi connectivity index (χ4v) is 13.1. The first-order valence-electron chi connectivity index (χ1n) is 18.6. The van der Waals surface area contributed by atoms with E-state index in [0.717, 1.165) is 51.4 Å². The van der Waals surface area contributed by atoms with Crippen LogP contribution in [0.15, 0.2) is 103 Å². The third kappa shape index (κ3) is 9.04. The minimum Gasteiger partial charge on any atom is -0.469 e. The number of carbonyl (C=O) groups excluding carboxylic acids is 1. The number of benzene rings is 3. The number of allylic oxidation sites excluding steroid dienone is 2. The molecule has 1 heterocycles. The van der Waals surface area contributed by atoms with Crippen molar-refractivity contribution in [3.05, 3.63) is 109 Å². The van der Waals surface area contributed by atoms with Crippen molar-refractivity contribution in [3.8, 4) is 0 Å². The maximum absolute atomic E-state index is 11.7. The topological polar surface area (TPSA) is 74.2 Å². The second-order valence-electron chi connectivity index (χ2n) is 15.3. The number of unbranched alkanes of at least 4 members (excludes halogenated alkanes) is 1. The fraction of sp³-hybridized carbons (Fsp3) is 0.512. The molecule has 1 aliphatic carbocycles. The summed E-state index contributed by atoms with van der Waals surface area (Å²) in [6.45, 7) is 8.25. The van der Waals surface area contributed by atoms with Gasteiger partial charge in [-0.05, 0) is 78.3 Å². The van der Waals surface area contributed by atoms with E-state index in [2.05, 4.69) is 118 Å². The van der Waals surface area contributed by atoms with Crippen molar-refractivity contribution >= 4 is 24.7 Å². The fourth-order valence-electron chi connectivity index (χ4n) is 8.48. The van der Waals surface area contributed by atoms with E-state index >= 15 is 0 Å². The number of carbonyl (C=O) groups is 1. The summed E-state index contributed by atoms with van der Waals surface area (Å²) in [7, 11) is -1.40. The van der Waals surface area contributed by atoms with E-state index in [1.54, 1.807) is 0 Å². The van der Waals surface area contributed by atoms with Crippen LogP contribution in [0.5, 0.6) is 0 Å². The Balaban J connectivity index is 1.54. The number of esters is 1. The normalized spacial score (nSPS) is 24.4. The molecule has 50 heavy (non-hydrogen) atoms. The van der Waals surface area contributed by atoms with Crippen LogP contribution in [0.3, 0.4) is 0 Å². The number of hydrogen-bond acceptors (Lipinski definition) is 6. The van der Waals surface area contributed by atoms with E-state index in [0.29, 0.717) is 19.6 Å². The molecule has 1 unspecified atom stereocenters. The summed E-state index contributed by atoms with van der Waals surface area (Å²) in [5, 5.41) is 13.8. The number of ether oxygens (including phenoxy) is 3. The summed E-state index contributed by atoms with van der Waals surface area (Å²) in [5.74, 6) is -0.0593. The van der Waals surface area contributed by atoms with Crippen molar-refractivity contribution in [1.82, 2.24) is 0 Å². The van der Waals surface area contributed by atoms with Crippen LogP contribution >= 0.6 is 0 Å². The number of rotatable bonds is 16. The molecule has 6 nitrogen and oxygen atoms in total. The van der Waals surface area contributed by atoms with E-state index < -0.39 is 13.7 Å². The molecule has 1 saturated carbocycles. The van der Waals surface area contributed by atoms with Crippen LogP contribution in [0.2, 0.25) is 5.04 Å². The van der Waals surface area contributed by atoms with Gasteiger partial charge in [-0.2, -0.15) is 0 Å². The second-order valence-corrected chi connectivity index (χ2v) is 19.6. The largest absolute Gasteiger partial charge is 0.469 e. The molecule has 2 aliphatic rings. The predicted molar refractivity (Wildman–Crippen MR) is 203 cm³/mol. The van der Waals surface area contributed by atoms with E-state index in [1.807, 2.05) is 6.07 Å². The standard InChI is InChI=1S/C43H58O6Si/c1-42(2,3)50(35-22-12-8-13-23-35,36-24-14-9-15-25-36)48-32-37-38(26-16-5-6-17-27-40(45)46-4)43(33-44,30-34-20-10-7-11-21-34)31-39(37)49-41-28-18-19-29-47-41/h5,7-16,20-25,37-39,41,44H,6,17-19,26-33H2,1-4H3/b16-5-/t37-,38-,39-,41?,43-/m1/s1. The highest BCUT2D eigenvalue weighted by Gasteiger charge is 2.56. The minimum atomic E-state index is -2.83. The molecular formula is C43H58O6Si. The van der Waals surface area contributed by atoms with Crippen LogP contribution in [0.4, 0.5) is 0 Å². The van der Waals surface area contributed by atoms with Crippen molar-refractivity contribution in [2.24, 2.45) is 17.3 Å². The van der Waals surface area contributed by atoms with Gasteiger partial charge in [-0.15, -0.1) is 0 Å². The molecule has 3 aromatic rings. The van der Waals surface area contributed by atoms with Crippen molar-refractivity contribution in [1.29, 1.82) is 0 Å². The van der Waals surface area contributed by atoms with Gasteiger partial charge in [-0.25, -0.2) is 0 Å². The van der Waals surface area contributed by atoms with Crippen LogP contribution in [0.1, 0.15) is 77.7 Å². The monoisotopic (exact) mass is 698 g/mol. The molecule has 0 bridgehead atoms. The van der Waals surface area contributed by atoms with E-state index in [-0.39, 0.29) is 41.8 Å². The van der Waals surface area contributed by atoms with Crippen LogP contribution in [-0.4, -0.2) is 58.7 Å². The van der Waals surface area contributed by atoms with Gasteiger partial charge in [0.05, 0.1) is 13.2 Å². The summed E-state index contributed by atoms with van der Waals surface area (Å²) >= 11 is 0. The second kappa shape index (κ2) is 17.9. The van der Waals surface area contributed by atoms with Gasteiger partial charge in [0.25, 0.3) is 8.32 Å². The zero-order valence-electron chi connectivity index (χ0n) is 30.6. The average molecular weight is 699 g/mol. The predicted octanol–water partition coefficient (Wildman–Crippen LogP) is 7.62. The Labute approximate surface area is 301 Å². The molecule has 5 atom stereocenters. The van der Waals surface area contributed by atoms with Crippen LogP contribution < -0.4 is 10.4 Å². The van der Waals surface area contributed by atoms with E-state index in [1.165, 1.54) is 23.0 Å². The minimum absolute atomic E-state index is 0.0257. The van der Waals surface area contributed by atoms with Crippen molar-refractivity contribution in [3.63, 3.8) is 0 Å². The molecule has 2 fully saturated rings. The highest BCUT2D eigenvalue weighted by Crippen LogP contribution is 2.53. The van der Waals surface area contributed by atoms with Gasteiger partial charge in [0.2, 0.25) is 0 Å². The van der Waals surface area contributed by atoms with Crippen LogP contribution in [0.25, 0.3) is 0 Å². The number of methoxy groups -OCH3 is 1. The lowest BCUT2D eigenvalue weighted by molar-refractivity contribution is -0.198. The van der Waals surface area contributed by atoms with Gasteiger partial charge in [0.1, 0.15) is 0 Å². The molecular weight excluding hydrogens is 641 g/mol. The molecule has 0 aromatic heterocycles. The molecule has 1 saturated heterocycles. The Bertz CT molecular complexity index is 1430. The maximum atomic E-state index is 11.7. The zero-order valence-corrected chi connectivity index (χ0v) is 31.6. The molecule has 1 N–H and O–H groups in total. The number of hydrogen-bond donors (Lipinski definition) is 1. The van der Waals surface area contributed by atoms with Gasteiger partial charge in [-0.1, -0.05) is 124 Å². The Morgan fingerprint density at radius 1 is 0.940 bits per heavy atom. The Kier molecular flexibility index (Phi) is 13.7. The summed E-state index contributed by atoms with van der Waals surface area (Å²) in [4.78, 5) is 11.7. The smallest absolute Gasteiger partial charge is 0.305 e. The van der Waals surface area contributed by atoms with Gasteiger partial charge in [0, 0.05) is 37.6 Å². The molecule has 5 rings (SSSR count). The van der Waals surface area contributed by atoms with Gasteiger partial charge < -0.3 is 23.7 Å². The van der Waals surface area contributed by atoms with Crippen molar-refractivity contribution in [2.45, 2.75) is 96.0 Å². The molecule has 0 radical (unpaired) electrons. The van der Waals surface area contributed by atoms with Gasteiger partial charge in [-0.3, -0.25) is 4.79 Å². The van der Waals surface area contributed by atoms with Gasteiger partial charge in [0.15, 0.2) is 6.29 Å². The summed E-state index contributed by atoms with van der Waals surface area (Å²) < 4.78 is 25.6. The van der Waals surface area contributed by atoms with Crippen molar-refractivity contribution < 1.29 is 28.5 Å². The van der Waals surface area contributed by atoms with Crippen molar-refractivity contribution in [2.75, 3.05) is 26.9 Å². The molecule has 7 heteroatoms. The maximum Gasteiger partial charge on any atom is 0.305 e. The quantitative estimate of drug-likeness (QED) is 0.0719. The summed E-state index contributed by atoms with van der Waals surface area (Å²) in [6, 6.07) is 32.2. The Hall–Kier alpha value is -3.07. The lowest BCUT2D eigenvalue weighted by atomic mass is 9.70. The molecule has 270 valence electrons.